The van der Waals surface area contributed by atoms with Gasteiger partial charge in [-0.3, -0.25) is 4.79 Å². The summed E-state index contributed by atoms with van der Waals surface area (Å²) in [6.45, 7) is 7.80. The van der Waals surface area contributed by atoms with Gasteiger partial charge < -0.3 is 10.8 Å². The van der Waals surface area contributed by atoms with Crippen LogP contribution in [0.15, 0.2) is 0 Å². The van der Waals surface area contributed by atoms with Crippen LogP contribution in [-0.2, 0) is 4.79 Å². The van der Waals surface area contributed by atoms with Gasteiger partial charge in [0.05, 0.1) is 6.42 Å². The molecule has 0 amide bonds. The summed E-state index contributed by atoms with van der Waals surface area (Å²) < 4.78 is 15.0. The van der Waals surface area contributed by atoms with Crippen LogP contribution in [0.3, 0.4) is 0 Å². The maximum atomic E-state index is 15.0. The number of carboxylic acids is 1. The fourth-order valence-corrected chi connectivity index (χ4v) is 3.65. The molecule has 0 aromatic rings. The number of carboxylic acid groups (broad SMARTS) is 1. The molecule has 5 atom stereocenters. The Balaban J connectivity index is 3.10. The van der Waals surface area contributed by atoms with Crippen molar-refractivity contribution in [3.8, 4) is 0 Å². The fraction of sp³-hybridized carbons (Fsp3) is 0.933. The molecule has 3 nitrogen and oxygen atoms in total. The molecule has 112 valence electrons. The molecule has 0 aromatic carbocycles. The van der Waals surface area contributed by atoms with E-state index >= 15 is 0 Å². The number of alkyl halides is 1. The zero-order valence-corrected chi connectivity index (χ0v) is 12.6. The molecule has 1 unspecified atom stereocenters. The Labute approximate surface area is 115 Å². The summed E-state index contributed by atoms with van der Waals surface area (Å²) >= 11 is 0. The molecule has 1 saturated carbocycles. The van der Waals surface area contributed by atoms with E-state index in [1.807, 2.05) is 20.8 Å². The summed E-state index contributed by atoms with van der Waals surface area (Å²) in [5.41, 5.74) is 4.16. The molecule has 1 aliphatic carbocycles. The van der Waals surface area contributed by atoms with Crippen molar-refractivity contribution in [1.82, 2.24) is 0 Å². The number of halogens is 1. The van der Waals surface area contributed by atoms with Gasteiger partial charge in [-0.25, -0.2) is 4.39 Å². The second-order valence-corrected chi connectivity index (χ2v) is 6.66. The minimum Gasteiger partial charge on any atom is -0.481 e. The molecule has 0 heterocycles. The number of nitrogens with two attached hydrogens (primary N) is 1. The predicted molar refractivity (Wildman–Crippen MR) is 74.6 cm³/mol. The third-order valence-corrected chi connectivity index (χ3v) is 5.79. The maximum Gasteiger partial charge on any atom is 0.303 e. The van der Waals surface area contributed by atoms with Crippen molar-refractivity contribution < 1.29 is 14.3 Å². The van der Waals surface area contributed by atoms with Crippen molar-refractivity contribution in [1.29, 1.82) is 0 Å². The van der Waals surface area contributed by atoms with E-state index in [0.29, 0.717) is 6.54 Å². The molecule has 0 bridgehead atoms. The minimum atomic E-state index is -1.27. The van der Waals surface area contributed by atoms with Crippen LogP contribution in [0.1, 0.15) is 53.4 Å². The topological polar surface area (TPSA) is 63.3 Å². The number of carbonyl (C=O) groups is 1. The number of hydrogen-bond acceptors (Lipinski definition) is 2. The largest absolute Gasteiger partial charge is 0.481 e. The molecule has 1 rings (SSSR count). The van der Waals surface area contributed by atoms with Gasteiger partial charge >= 0.3 is 5.97 Å². The lowest BCUT2D eigenvalue weighted by Crippen LogP contribution is -2.49. The lowest BCUT2D eigenvalue weighted by Gasteiger charge is -2.48. The van der Waals surface area contributed by atoms with Gasteiger partial charge in [0.1, 0.15) is 5.67 Å². The van der Waals surface area contributed by atoms with E-state index in [1.165, 1.54) is 0 Å². The highest BCUT2D eigenvalue weighted by atomic mass is 19.1. The standard InChI is InChI=1S/C15H28FNO2/c1-10-6-5-7-15(9-17,8-13(18)19)12(3)11(2)14(10,4)16/h10-12H,5-9,17H2,1-4H3,(H,18,19)/t10-,11-,12-,14?,15-/m0/s1. The van der Waals surface area contributed by atoms with E-state index in [-0.39, 0.29) is 24.2 Å². The summed E-state index contributed by atoms with van der Waals surface area (Å²) in [7, 11) is 0. The highest BCUT2D eigenvalue weighted by molar-refractivity contribution is 5.67. The average Bonchev–Trinajstić information content (AvgIpc) is 2.33. The van der Waals surface area contributed by atoms with Gasteiger partial charge in [-0.15, -0.1) is 0 Å². The van der Waals surface area contributed by atoms with Crippen LogP contribution in [0, 0.1) is 23.2 Å². The summed E-state index contributed by atoms with van der Waals surface area (Å²) in [5.74, 6) is -1.05. The molecule has 0 radical (unpaired) electrons. The minimum absolute atomic E-state index is 0.00514. The van der Waals surface area contributed by atoms with E-state index < -0.39 is 17.1 Å². The molecule has 0 saturated heterocycles. The van der Waals surface area contributed by atoms with Gasteiger partial charge in [0.25, 0.3) is 0 Å². The number of aliphatic carboxylic acids is 1. The second kappa shape index (κ2) is 5.78. The first-order chi connectivity index (χ1) is 8.67. The van der Waals surface area contributed by atoms with E-state index in [4.69, 9.17) is 10.8 Å². The first-order valence-electron chi connectivity index (χ1n) is 7.28. The molecule has 0 aromatic heterocycles. The first kappa shape index (κ1) is 16.4. The Morgan fingerprint density at radius 2 is 1.95 bits per heavy atom. The van der Waals surface area contributed by atoms with Crippen molar-refractivity contribution in [3.63, 3.8) is 0 Å². The third kappa shape index (κ3) is 3.10. The molecule has 19 heavy (non-hydrogen) atoms. The van der Waals surface area contributed by atoms with Crippen molar-refractivity contribution in [2.45, 2.75) is 59.0 Å². The van der Waals surface area contributed by atoms with Crippen molar-refractivity contribution in [2.24, 2.45) is 28.9 Å². The zero-order chi connectivity index (χ0) is 14.8. The van der Waals surface area contributed by atoms with Crippen LogP contribution in [0.2, 0.25) is 0 Å². The average molecular weight is 273 g/mol. The molecule has 1 fully saturated rings. The fourth-order valence-electron chi connectivity index (χ4n) is 3.65. The molecule has 0 spiro atoms. The molecule has 0 aliphatic heterocycles. The van der Waals surface area contributed by atoms with Crippen LogP contribution in [0.5, 0.6) is 0 Å². The van der Waals surface area contributed by atoms with Gasteiger partial charge in [-0.1, -0.05) is 27.2 Å². The second-order valence-electron chi connectivity index (χ2n) is 6.66. The molecule has 1 aliphatic rings. The van der Waals surface area contributed by atoms with Crippen LogP contribution in [0.4, 0.5) is 4.39 Å². The highest BCUT2D eigenvalue weighted by Gasteiger charge is 2.49. The van der Waals surface area contributed by atoms with Gasteiger partial charge in [-0.2, -0.15) is 0 Å². The van der Waals surface area contributed by atoms with E-state index in [0.717, 1.165) is 19.3 Å². The Hall–Kier alpha value is -0.640. The van der Waals surface area contributed by atoms with Crippen molar-refractivity contribution >= 4 is 5.97 Å². The Bertz CT molecular complexity index is 332. The van der Waals surface area contributed by atoms with Crippen LogP contribution in [0.25, 0.3) is 0 Å². The van der Waals surface area contributed by atoms with Gasteiger partial charge in [-0.05, 0) is 49.5 Å². The lowest BCUT2D eigenvalue weighted by atomic mass is 9.59. The van der Waals surface area contributed by atoms with Crippen LogP contribution < -0.4 is 5.73 Å². The van der Waals surface area contributed by atoms with Crippen molar-refractivity contribution in [2.75, 3.05) is 6.54 Å². The predicted octanol–water partition coefficient (Wildman–Crippen LogP) is 3.23. The van der Waals surface area contributed by atoms with E-state index in [1.54, 1.807) is 6.92 Å². The molecular formula is C15H28FNO2. The highest BCUT2D eigenvalue weighted by Crippen LogP contribution is 2.49. The third-order valence-electron chi connectivity index (χ3n) is 5.79. The number of hydrogen-bond donors (Lipinski definition) is 2. The monoisotopic (exact) mass is 273 g/mol. The first-order valence-corrected chi connectivity index (χ1v) is 7.28. The van der Waals surface area contributed by atoms with E-state index in [9.17, 15) is 9.18 Å². The van der Waals surface area contributed by atoms with Crippen LogP contribution >= 0.6 is 0 Å². The Morgan fingerprint density at radius 3 is 2.42 bits per heavy atom. The molecule has 4 heteroatoms. The maximum absolute atomic E-state index is 15.0. The Kier molecular flexibility index (Phi) is 4.99. The van der Waals surface area contributed by atoms with Crippen LogP contribution in [-0.4, -0.2) is 23.3 Å². The summed E-state index contributed by atoms with van der Waals surface area (Å²) in [6, 6.07) is 0. The molecular weight excluding hydrogens is 245 g/mol. The quantitative estimate of drug-likeness (QED) is 0.829. The van der Waals surface area contributed by atoms with Gasteiger partial charge in [0, 0.05) is 0 Å². The van der Waals surface area contributed by atoms with Crippen molar-refractivity contribution in [3.05, 3.63) is 0 Å². The van der Waals surface area contributed by atoms with Gasteiger partial charge in [0.2, 0.25) is 0 Å². The summed E-state index contributed by atoms with van der Waals surface area (Å²) in [4.78, 5) is 11.2. The normalized spacial score (nSPS) is 44.4. The molecule has 3 N–H and O–H groups in total. The number of rotatable bonds is 3. The zero-order valence-electron chi connectivity index (χ0n) is 12.6. The SMILES string of the molecule is C[C@H]1CCC[C@@](CN)(CC(=O)O)[C@@H](C)[C@H](C)C1(C)F. The van der Waals surface area contributed by atoms with Gasteiger partial charge in [0.15, 0.2) is 0 Å². The van der Waals surface area contributed by atoms with E-state index in [2.05, 4.69) is 0 Å². The Morgan fingerprint density at radius 1 is 1.37 bits per heavy atom. The lowest BCUT2D eigenvalue weighted by molar-refractivity contribution is -0.142. The summed E-state index contributed by atoms with van der Waals surface area (Å²) in [5, 5.41) is 9.16. The summed E-state index contributed by atoms with van der Waals surface area (Å²) in [6.07, 6.45) is 2.47. The smallest absolute Gasteiger partial charge is 0.303 e.